The van der Waals surface area contributed by atoms with Crippen LogP contribution in [0.1, 0.15) is 0 Å². The smallest absolute Gasteiger partial charge is 0.347 e. The Morgan fingerprint density at radius 3 is 2.42 bits per heavy atom. The van der Waals surface area contributed by atoms with Crippen molar-refractivity contribution in [2.45, 2.75) is 0 Å². The Balaban J connectivity index is 3.06. The lowest BCUT2D eigenvalue weighted by atomic mass is 10.7. The first-order chi connectivity index (χ1) is 5.56. The molecule has 0 saturated carbocycles. The highest BCUT2D eigenvalue weighted by Gasteiger charge is 2.11. The third-order valence-corrected chi connectivity index (χ3v) is 2.51. The molecule has 1 atom stereocenters. The molecule has 0 aromatic heterocycles. The van der Waals surface area contributed by atoms with Crippen molar-refractivity contribution in [2.24, 2.45) is 0 Å². The number of rotatable bonds is 7. The van der Waals surface area contributed by atoms with E-state index < -0.39 is 4.36 Å². The van der Waals surface area contributed by atoms with Crippen LogP contribution in [0.25, 0.3) is 0 Å². The zero-order chi connectivity index (χ0) is 9.45. The Kier molecular flexibility index (Phi) is 8.23. The van der Waals surface area contributed by atoms with Gasteiger partial charge < -0.3 is 14.0 Å². The molecule has 74 valence electrons. The second kappa shape index (κ2) is 7.53. The first-order valence-corrected chi connectivity index (χ1v) is 8.58. The van der Waals surface area contributed by atoms with E-state index in [0.29, 0.717) is 19.8 Å². The van der Waals surface area contributed by atoms with Gasteiger partial charge in [0.15, 0.2) is 0 Å². The molecule has 0 N–H and O–H groups in total. The molecule has 12 heavy (non-hydrogen) atoms. The van der Waals surface area contributed by atoms with E-state index in [2.05, 4.69) is 0 Å². The van der Waals surface area contributed by atoms with Crippen molar-refractivity contribution in [2.75, 3.05) is 33.5 Å². The van der Waals surface area contributed by atoms with Crippen molar-refractivity contribution in [3.8, 4) is 0 Å². The van der Waals surface area contributed by atoms with Crippen LogP contribution < -0.4 is 0 Å². The maximum absolute atomic E-state index is 10.8. The van der Waals surface area contributed by atoms with Gasteiger partial charge in [0.25, 0.3) is 0 Å². The lowest BCUT2D eigenvalue weighted by Gasteiger charge is -2.05. The van der Waals surface area contributed by atoms with Crippen molar-refractivity contribution in [3.05, 3.63) is 0 Å². The van der Waals surface area contributed by atoms with E-state index in [1.807, 2.05) is 0 Å². The summed E-state index contributed by atoms with van der Waals surface area (Å²) < 4.78 is 22.4. The normalized spacial score (nSPS) is 15.9. The van der Waals surface area contributed by atoms with Gasteiger partial charge in [0.2, 0.25) is 0 Å². The Morgan fingerprint density at radius 2 is 1.92 bits per heavy atom. The van der Waals surface area contributed by atoms with Crippen LogP contribution in [0.4, 0.5) is 0 Å². The van der Waals surface area contributed by atoms with Crippen LogP contribution in [0.3, 0.4) is 0 Å². The average molecular weight is 328 g/mol. The van der Waals surface area contributed by atoms with Crippen LogP contribution in [0, 0.1) is 0 Å². The van der Waals surface area contributed by atoms with Crippen molar-refractivity contribution >= 4 is 37.6 Å². The van der Waals surface area contributed by atoms with E-state index in [4.69, 9.17) is 25.2 Å². The van der Waals surface area contributed by atoms with Crippen molar-refractivity contribution in [1.29, 1.82) is 0 Å². The van der Waals surface area contributed by atoms with Crippen molar-refractivity contribution in [3.63, 3.8) is 0 Å². The topological polar surface area (TPSA) is 44.8 Å². The fraction of sp³-hybridized carbons (Fsp3) is 1.00. The van der Waals surface area contributed by atoms with E-state index in [-0.39, 0.29) is 6.61 Å². The van der Waals surface area contributed by atoms with Gasteiger partial charge in [0, 0.05) is 29.2 Å². The minimum absolute atomic E-state index is 0.243. The molecule has 0 bridgehead atoms. The first kappa shape index (κ1) is 13.1. The summed E-state index contributed by atoms with van der Waals surface area (Å²) in [5.41, 5.74) is 0. The van der Waals surface area contributed by atoms with Crippen LogP contribution in [-0.2, 0) is 18.6 Å². The fourth-order valence-corrected chi connectivity index (χ4v) is 1.53. The highest BCUT2D eigenvalue weighted by molar-refractivity contribution is 14.2. The molecule has 0 spiro atoms. The Morgan fingerprint density at radius 1 is 1.33 bits per heavy atom. The Labute approximate surface area is 89.6 Å². The molecular formula is C5H11ClIO4P. The summed E-state index contributed by atoms with van der Waals surface area (Å²) in [5.74, 6) is 0. The summed E-state index contributed by atoms with van der Waals surface area (Å²) in [5, 5.41) is 0. The molecule has 0 aliphatic carbocycles. The zero-order valence-corrected chi connectivity index (χ0v) is 10.5. The van der Waals surface area contributed by atoms with E-state index in [1.54, 1.807) is 29.2 Å². The molecule has 0 saturated heterocycles. The predicted octanol–water partition coefficient (Wildman–Crippen LogP) is 2.45. The summed E-state index contributed by atoms with van der Waals surface area (Å²) >= 11 is 6.88. The van der Waals surface area contributed by atoms with E-state index in [0.717, 1.165) is 0 Å². The molecule has 7 heteroatoms. The molecular weight excluding hydrogens is 317 g/mol. The maximum atomic E-state index is 10.8. The van der Waals surface area contributed by atoms with Crippen LogP contribution >= 0.6 is 37.6 Å². The molecule has 0 aliphatic heterocycles. The van der Waals surface area contributed by atoms with Gasteiger partial charge >= 0.3 is 4.36 Å². The van der Waals surface area contributed by atoms with Gasteiger partial charge in [-0.1, -0.05) is 0 Å². The summed E-state index contributed by atoms with van der Waals surface area (Å²) in [7, 11) is 1.59. The third-order valence-electron chi connectivity index (χ3n) is 0.901. The molecule has 0 radical (unpaired) electrons. The minimum Gasteiger partial charge on any atom is -0.382 e. The predicted molar refractivity (Wildman–Crippen MR) is 56.1 cm³/mol. The van der Waals surface area contributed by atoms with Crippen LogP contribution in [-0.4, -0.2) is 33.5 Å². The molecule has 0 aromatic rings. The lowest BCUT2D eigenvalue weighted by Crippen LogP contribution is -2.06. The second-order valence-corrected chi connectivity index (χ2v) is 9.80. The number of hydrogen-bond acceptors (Lipinski definition) is 4. The lowest BCUT2D eigenvalue weighted by molar-refractivity contribution is 0.0561. The number of hydrogen-bond donors (Lipinski definition) is 0. The Hall–Kier alpha value is 1.13. The molecule has 0 fully saturated rings. The van der Waals surface area contributed by atoms with Crippen LogP contribution in [0.5, 0.6) is 0 Å². The van der Waals surface area contributed by atoms with Crippen molar-refractivity contribution in [1.82, 2.24) is 0 Å². The average Bonchev–Trinajstić information content (AvgIpc) is 1.94. The number of ether oxygens (including phenoxy) is 2. The van der Waals surface area contributed by atoms with Gasteiger partial charge in [-0.05, 0) is 11.2 Å². The second-order valence-electron chi connectivity index (χ2n) is 1.85. The summed E-state index contributed by atoms with van der Waals surface area (Å²) in [6.07, 6.45) is 0. The molecule has 1 unspecified atom stereocenters. The first-order valence-electron chi connectivity index (χ1n) is 3.27. The standard InChI is InChI=1S/C5H11ClIO4P/c1-9-2-3-10-4-5-11-12(6,7)8/h2-5H2,1H3. The Bertz CT molecular complexity index is 150. The zero-order valence-electron chi connectivity index (χ0n) is 6.66. The molecule has 0 aromatic carbocycles. The molecule has 4 nitrogen and oxygen atoms in total. The van der Waals surface area contributed by atoms with Crippen LogP contribution in [0.2, 0.25) is 0 Å². The molecule has 0 amide bonds. The fourth-order valence-electron chi connectivity index (χ4n) is 0.447. The van der Waals surface area contributed by atoms with E-state index in [9.17, 15) is 4.57 Å². The van der Waals surface area contributed by atoms with E-state index in [1.165, 1.54) is 0 Å². The van der Waals surface area contributed by atoms with Gasteiger partial charge in [0.05, 0.1) is 26.4 Å². The number of halogens is 2. The summed E-state index contributed by atoms with van der Waals surface area (Å²) in [4.78, 5) is 0. The molecule has 0 aliphatic rings. The minimum atomic E-state index is -2.89. The third kappa shape index (κ3) is 11.1. The van der Waals surface area contributed by atoms with E-state index >= 15 is 0 Å². The summed E-state index contributed by atoms with van der Waals surface area (Å²) in [6, 6.07) is 0. The molecule has 0 heterocycles. The van der Waals surface area contributed by atoms with Gasteiger partial charge in [-0.25, -0.2) is 0 Å². The highest BCUT2D eigenvalue weighted by Crippen LogP contribution is 2.60. The SMILES string of the molecule is COCCOCCOP(=O)(Cl)I. The maximum Gasteiger partial charge on any atom is 0.347 e. The van der Waals surface area contributed by atoms with Gasteiger partial charge in [-0.2, -0.15) is 0 Å². The monoisotopic (exact) mass is 328 g/mol. The van der Waals surface area contributed by atoms with Crippen LogP contribution in [0.15, 0.2) is 0 Å². The van der Waals surface area contributed by atoms with Gasteiger partial charge in [-0.3, -0.25) is 4.57 Å². The molecule has 0 rings (SSSR count). The quantitative estimate of drug-likeness (QED) is 0.409. The number of methoxy groups -OCH3 is 1. The van der Waals surface area contributed by atoms with Crippen molar-refractivity contribution < 1.29 is 18.6 Å². The van der Waals surface area contributed by atoms with Gasteiger partial charge in [-0.15, -0.1) is 0 Å². The summed E-state index contributed by atoms with van der Waals surface area (Å²) in [6.45, 7) is 1.67. The highest BCUT2D eigenvalue weighted by atomic mass is 127. The van der Waals surface area contributed by atoms with Gasteiger partial charge in [0.1, 0.15) is 0 Å². The largest absolute Gasteiger partial charge is 0.382 e.